The summed E-state index contributed by atoms with van der Waals surface area (Å²) < 4.78 is 5.85. The van der Waals surface area contributed by atoms with Gasteiger partial charge in [-0.05, 0) is 62.3 Å². The molecule has 0 saturated carbocycles. The van der Waals surface area contributed by atoms with Crippen molar-refractivity contribution in [2.75, 3.05) is 23.4 Å². The second kappa shape index (κ2) is 8.86. The van der Waals surface area contributed by atoms with Crippen LogP contribution in [0.15, 0.2) is 48.5 Å². The molecule has 27 heavy (non-hydrogen) atoms. The van der Waals surface area contributed by atoms with Crippen LogP contribution < -0.4 is 20.3 Å². The number of ether oxygens (including phenoxy) is 1. The smallest absolute Gasteiger partial charge is 0.227 e. The summed E-state index contributed by atoms with van der Waals surface area (Å²) >= 11 is 5.41. The fraction of sp³-hybridized carbons (Fsp3) is 0.333. The van der Waals surface area contributed by atoms with Gasteiger partial charge in [-0.25, -0.2) is 0 Å². The molecular formula is C21H25N3O2S. The average Bonchev–Trinajstić information content (AvgIpc) is 3.07. The highest BCUT2D eigenvalue weighted by molar-refractivity contribution is 7.80. The lowest BCUT2D eigenvalue weighted by Gasteiger charge is -2.20. The summed E-state index contributed by atoms with van der Waals surface area (Å²) in [6.45, 7) is 5.33. The second-order valence-corrected chi connectivity index (χ2v) is 7.18. The average molecular weight is 384 g/mol. The molecule has 1 atom stereocenters. The molecule has 1 saturated heterocycles. The maximum absolute atomic E-state index is 11.9. The van der Waals surface area contributed by atoms with Gasteiger partial charge in [0.25, 0.3) is 0 Å². The van der Waals surface area contributed by atoms with Gasteiger partial charge in [-0.2, -0.15) is 0 Å². The van der Waals surface area contributed by atoms with E-state index in [0.717, 1.165) is 35.7 Å². The van der Waals surface area contributed by atoms with Crippen LogP contribution in [0.1, 0.15) is 25.3 Å². The van der Waals surface area contributed by atoms with Crippen LogP contribution in [0, 0.1) is 6.92 Å². The van der Waals surface area contributed by atoms with E-state index < -0.39 is 0 Å². The van der Waals surface area contributed by atoms with Crippen LogP contribution in [0.4, 0.5) is 11.4 Å². The Hall–Kier alpha value is -2.60. The van der Waals surface area contributed by atoms with E-state index in [-0.39, 0.29) is 11.9 Å². The minimum absolute atomic E-state index is 0.0490. The first kappa shape index (κ1) is 19.2. The highest BCUT2D eigenvalue weighted by Crippen LogP contribution is 2.24. The number of hydrogen-bond acceptors (Lipinski definition) is 3. The van der Waals surface area contributed by atoms with Crippen molar-refractivity contribution >= 4 is 34.6 Å². The number of amides is 1. The fourth-order valence-electron chi connectivity index (χ4n) is 3.04. The molecule has 6 heteroatoms. The van der Waals surface area contributed by atoms with Gasteiger partial charge in [0, 0.05) is 24.3 Å². The van der Waals surface area contributed by atoms with Crippen molar-refractivity contribution < 1.29 is 9.53 Å². The predicted octanol–water partition coefficient (Wildman–Crippen LogP) is 3.88. The lowest BCUT2D eigenvalue weighted by atomic mass is 10.2. The molecule has 1 aliphatic heterocycles. The zero-order valence-electron chi connectivity index (χ0n) is 15.7. The van der Waals surface area contributed by atoms with Crippen LogP contribution in [0.25, 0.3) is 0 Å². The minimum atomic E-state index is 0.0490. The number of carbonyl (C=O) groups excluding carboxylic acids is 1. The third kappa shape index (κ3) is 5.20. The lowest BCUT2D eigenvalue weighted by Crippen LogP contribution is -2.39. The Morgan fingerprint density at radius 1 is 1.26 bits per heavy atom. The summed E-state index contributed by atoms with van der Waals surface area (Å²) in [5.41, 5.74) is 2.87. The van der Waals surface area contributed by atoms with Gasteiger partial charge in [-0.1, -0.05) is 24.3 Å². The molecular weight excluding hydrogens is 358 g/mol. The van der Waals surface area contributed by atoms with Gasteiger partial charge in [-0.15, -0.1) is 0 Å². The summed E-state index contributed by atoms with van der Waals surface area (Å²) in [6.07, 6.45) is 1.53. The van der Waals surface area contributed by atoms with Crippen molar-refractivity contribution in [3.05, 3.63) is 54.1 Å². The van der Waals surface area contributed by atoms with E-state index in [2.05, 4.69) is 10.6 Å². The monoisotopic (exact) mass is 383 g/mol. The Bertz CT molecular complexity index is 825. The Morgan fingerprint density at radius 3 is 2.81 bits per heavy atom. The standard InChI is InChI=1S/C21H25N3O2S/c1-15-7-3-4-10-19(15)26-14-16(2)22-21(27)23-17-8-5-9-18(13-17)24-12-6-11-20(24)25/h3-5,7-10,13,16H,6,11-12,14H2,1-2H3,(H2,22,23,27)/t16-/m0/s1. The first-order valence-electron chi connectivity index (χ1n) is 9.19. The number of para-hydroxylation sites is 1. The SMILES string of the molecule is Cc1ccccc1OC[C@H](C)NC(=S)Nc1cccc(N2CCCC2=O)c1. The fourth-order valence-corrected chi connectivity index (χ4v) is 3.36. The Balaban J connectivity index is 1.51. The van der Waals surface area contributed by atoms with Crippen molar-refractivity contribution in [2.45, 2.75) is 32.7 Å². The number of rotatable bonds is 6. The molecule has 142 valence electrons. The van der Waals surface area contributed by atoms with Crippen LogP contribution in [-0.4, -0.2) is 30.2 Å². The second-order valence-electron chi connectivity index (χ2n) is 6.78. The molecule has 2 N–H and O–H groups in total. The van der Waals surface area contributed by atoms with Gasteiger partial charge >= 0.3 is 0 Å². The number of nitrogens with one attached hydrogen (secondary N) is 2. The van der Waals surface area contributed by atoms with E-state index in [1.165, 1.54) is 0 Å². The number of carbonyl (C=O) groups is 1. The molecule has 1 amide bonds. The van der Waals surface area contributed by atoms with E-state index in [9.17, 15) is 4.79 Å². The van der Waals surface area contributed by atoms with Gasteiger partial charge in [0.1, 0.15) is 12.4 Å². The Kier molecular flexibility index (Phi) is 6.29. The van der Waals surface area contributed by atoms with Crippen LogP contribution in [0.3, 0.4) is 0 Å². The molecule has 2 aromatic carbocycles. The normalized spacial score (nSPS) is 14.7. The third-order valence-corrected chi connectivity index (χ3v) is 4.67. The number of nitrogens with zero attached hydrogens (tertiary/aromatic N) is 1. The number of aryl methyl sites for hydroxylation is 1. The van der Waals surface area contributed by atoms with E-state index in [4.69, 9.17) is 17.0 Å². The van der Waals surface area contributed by atoms with E-state index in [1.54, 1.807) is 0 Å². The van der Waals surface area contributed by atoms with Crippen LogP contribution in [0.2, 0.25) is 0 Å². The highest BCUT2D eigenvalue weighted by atomic mass is 32.1. The molecule has 0 aromatic heterocycles. The molecule has 0 bridgehead atoms. The molecule has 0 aliphatic carbocycles. The van der Waals surface area contributed by atoms with Crippen molar-refractivity contribution in [1.82, 2.24) is 5.32 Å². The predicted molar refractivity (Wildman–Crippen MR) is 114 cm³/mol. The Labute approximate surface area is 165 Å². The number of benzene rings is 2. The topological polar surface area (TPSA) is 53.6 Å². The summed E-state index contributed by atoms with van der Waals surface area (Å²) in [4.78, 5) is 13.7. The lowest BCUT2D eigenvalue weighted by molar-refractivity contribution is -0.117. The van der Waals surface area contributed by atoms with Crippen LogP contribution in [0.5, 0.6) is 5.75 Å². The highest BCUT2D eigenvalue weighted by Gasteiger charge is 2.21. The van der Waals surface area contributed by atoms with Gasteiger partial charge in [0.2, 0.25) is 5.91 Å². The van der Waals surface area contributed by atoms with E-state index in [0.29, 0.717) is 18.1 Å². The first-order chi connectivity index (χ1) is 13.0. The van der Waals surface area contributed by atoms with Crippen molar-refractivity contribution in [1.29, 1.82) is 0 Å². The van der Waals surface area contributed by atoms with Crippen LogP contribution in [-0.2, 0) is 4.79 Å². The molecule has 0 unspecified atom stereocenters. The number of thiocarbonyl (C=S) groups is 1. The molecule has 0 radical (unpaired) electrons. The largest absolute Gasteiger partial charge is 0.491 e. The maximum Gasteiger partial charge on any atom is 0.227 e. The van der Waals surface area contributed by atoms with E-state index in [1.807, 2.05) is 67.3 Å². The quantitative estimate of drug-likeness (QED) is 0.742. The molecule has 0 spiro atoms. The molecule has 2 aromatic rings. The van der Waals surface area contributed by atoms with Crippen LogP contribution >= 0.6 is 12.2 Å². The summed E-state index contributed by atoms with van der Waals surface area (Å²) in [5, 5.41) is 6.95. The van der Waals surface area contributed by atoms with Crippen molar-refractivity contribution in [2.24, 2.45) is 0 Å². The van der Waals surface area contributed by atoms with Crippen molar-refractivity contribution in [3.8, 4) is 5.75 Å². The van der Waals surface area contributed by atoms with Gasteiger partial charge in [-0.3, -0.25) is 4.79 Å². The van der Waals surface area contributed by atoms with Gasteiger partial charge < -0.3 is 20.3 Å². The summed E-state index contributed by atoms with van der Waals surface area (Å²) in [7, 11) is 0. The Morgan fingerprint density at radius 2 is 2.07 bits per heavy atom. The molecule has 1 heterocycles. The zero-order valence-corrected chi connectivity index (χ0v) is 16.5. The summed E-state index contributed by atoms with van der Waals surface area (Å²) in [6, 6.07) is 15.8. The third-order valence-electron chi connectivity index (χ3n) is 4.45. The van der Waals surface area contributed by atoms with Gasteiger partial charge in [0.15, 0.2) is 5.11 Å². The molecule has 1 aliphatic rings. The first-order valence-corrected chi connectivity index (χ1v) is 9.60. The summed E-state index contributed by atoms with van der Waals surface area (Å²) in [5.74, 6) is 1.06. The minimum Gasteiger partial charge on any atom is -0.491 e. The van der Waals surface area contributed by atoms with E-state index >= 15 is 0 Å². The number of hydrogen-bond donors (Lipinski definition) is 2. The molecule has 3 rings (SSSR count). The zero-order chi connectivity index (χ0) is 19.2. The number of anilines is 2. The molecule has 1 fully saturated rings. The van der Waals surface area contributed by atoms with Crippen molar-refractivity contribution in [3.63, 3.8) is 0 Å². The van der Waals surface area contributed by atoms with Gasteiger partial charge in [0.05, 0.1) is 6.04 Å². The molecule has 5 nitrogen and oxygen atoms in total. The maximum atomic E-state index is 11.9.